The SMILES string of the molecule is C=CCC=C(C)C(=O)Oc1ccccn1. The number of hydrogen-bond acceptors (Lipinski definition) is 3. The molecule has 1 rings (SSSR count). The zero-order valence-electron chi connectivity index (χ0n) is 8.64. The van der Waals surface area contributed by atoms with Crippen LogP contribution in [-0.4, -0.2) is 11.0 Å². The number of nitrogens with zero attached hydrogens (tertiary/aromatic N) is 1. The van der Waals surface area contributed by atoms with Gasteiger partial charge in [0.25, 0.3) is 0 Å². The zero-order chi connectivity index (χ0) is 11.1. The van der Waals surface area contributed by atoms with Gasteiger partial charge in [-0.2, -0.15) is 0 Å². The third kappa shape index (κ3) is 3.77. The fourth-order valence-electron chi connectivity index (χ4n) is 0.926. The van der Waals surface area contributed by atoms with E-state index in [0.29, 0.717) is 17.9 Å². The maximum Gasteiger partial charge on any atom is 0.340 e. The summed E-state index contributed by atoms with van der Waals surface area (Å²) >= 11 is 0. The first-order valence-electron chi connectivity index (χ1n) is 4.65. The number of allylic oxidation sites excluding steroid dienone is 2. The van der Waals surface area contributed by atoms with Gasteiger partial charge in [-0.15, -0.1) is 6.58 Å². The number of carbonyl (C=O) groups is 1. The van der Waals surface area contributed by atoms with E-state index < -0.39 is 0 Å². The molecule has 0 aliphatic heterocycles. The normalized spacial score (nSPS) is 10.9. The molecule has 0 aliphatic rings. The van der Waals surface area contributed by atoms with Gasteiger partial charge in [-0.1, -0.05) is 18.2 Å². The lowest BCUT2D eigenvalue weighted by Gasteiger charge is -2.02. The molecule has 0 saturated carbocycles. The summed E-state index contributed by atoms with van der Waals surface area (Å²) < 4.78 is 5.02. The van der Waals surface area contributed by atoms with Crippen LogP contribution < -0.4 is 4.74 Å². The van der Waals surface area contributed by atoms with Crippen LogP contribution in [0.2, 0.25) is 0 Å². The van der Waals surface area contributed by atoms with E-state index in [2.05, 4.69) is 11.6 Å². The second-order valence-corrected chi connectivity index (χ2v) is 2.97. The molecule has 15 heavy (non-hydrogen) atoms. The smallest absolute Gasteiger partial charge is 0.340 e. The van der Waals surface area contributed by atoms with Gasteiger partial charge in [0.05, 0.1) is 0 Å². The van der Waals surface area contributed by atoms with Crippen LogP contribution in [0.1, 0.15) is 13.3 Å². The highest BCUT2D eigenvalue weighted by Gasteiger charge is 2.06. The molecule has 0 saturated heterocycles. The van der Waals surface area contributed by atoms with E-state index in [9.17, 15) is 4.79 Å². The molecule has 0 radical (unpaired) electrons. The van der Waals surface area contributed by atoms with E-state index in [-0.39, 0.29) is 5.97 Å². The van der Waals surface area contributed by atoms with Crippen molar-refractivity contribution in [2.24, 2.45) is 0 Å². The van der Waals surface area contributed by atoms with Crippen LogP contribution in [0.3, 0.4) is 0 Å². The Hall–Kier alpha value is -1.90. The van der Waals surface area contributed by atoms with Gasteiger partial charge in [0.1, 0.15) is 0 Å². The minimum atomic E-state index is -0.379. The topological polar surface area (TPSA) is 39.2 Å². The van der Waals surface area contributed by atoms with Crippen molar-refractivity contribution in [3.63, 3.8) is 0 Å². The van der Waals surface area contributed by atoms with Crippen molar-refractivity contribution in [2.45, 2.75) is 13.3 Å². The van der Waals surface area contributed by atoms with Crippen molar-refractivity contribution < 1.29 is 9.53 Å². The molecule has 78 valence electrons. The summed E-state index contributed by atoms with van der Waals surface area (Å²) in [5, 5.41) is 0. The molecule has 0 aliphatic carbocycles. The highest BCUT2D eigenvalue weighted by atomic mass is 16.5. The molecular formula is C12H13NO2. The second kappa shape index (κ2) is 5.75. The van der Waals surface area contributed by atoms with Gasteiger partial charge in [-0.3, -0.25) is 0 Å². The number of ether oxygens (including phenoxy) is 1. The summed E-state index contributed by atoms with van der Waals surface area (Å²) in [6.45, 7) is 5.27. The van der Waals surface area contributed by atoms with E-state index in [1.54, 1.807) is 43.5 Å². The van der Waals surface area contributed by atoms with Crippen molar-refractivity contribution >= 4 is 5.97 Å². The number of esters is 1. The summed E-state index contributed by atoms with van der Waals surface area (Å²) in [7, 11) is 0. The third-order valence-corrected chi connectivity index (χ3v) is 1.75. The van der Waals surface area contributed by atoms with Crippen molar-refractivity contribution in [3.05, 3.63) is 48.7 Å². The Balaban J connectivity index is 2.60. The van der Waals surface area contributed by atoms with E-state index in [4.69, 9.17) is 4.74 Å². The lowest BCUT2D eigenvalue weighted by molar-refractivity contribution is -0.130. The average molecular weight is 203 g/mol. The Bertz CT molecular complexity index is 368. The van der Waals surface area contributed by atoms with Crippen LogP contribution in [0.15, 0.2) is 48.7 Å². The van der Waals surface area contributed by atoms with Crippen LogP contribution in [0.4, 0.5) is 0 Å². The van der Waals surface area contributed by atoms with Crippen LogP contribution >= 0.6 is 0 Å². The van der Waals surface area contributed by atoms with Gasteiger partial charge in [0.2, 0.25) is 5.88 Å². The summed E-state index contributed by atoms with van der Waals surface area (Å²) in [5.41, 5.74) is 0.556. The van der Waals surface area contributed by atoms with Crippen molar-refractivity contribution in [1.29, 1.82) is 0 Å². The standard InChI is InChI=1S/C12H13NO2/c1-3-4-7-10(2)12(14)15-11-8-5-6-9-13-11/h3,5-9H,1,4H2,2H3. The predicted octanol–water partition coefficient (Wildman–Crippen LogP) is 2.51. The van der Waals surface area contributed by atoms with Gasteiger partial charge in [0.15, 0.2) is 0 Å². The van der Waals surface area contributed by atoms with Crippen LogP contribution in [-0.2, 0) is 4.79 Å². The first-order valence-corrected chi connectivity index (χ1v) is 4.65. The van der Waals surface area contributed by atoms with Crippen LogP contribution in [0, 0.1) is 0 Å². The van der Waals surface area contributed by atoms with Crippen molar-refractivity contribution in [3.8, 4) is 5.88 Å². The predicted molar refractivity (Wildman–Crippen MR) is 58.4 cm³/mol. The zero-order valence-corrected chi connectivity index (χ0v) is 8.64. The number of carbonyl (C=O) groups excluding carboxylic acids is 1. The fraction of sp³-hybridized carbons (Fsp3) is 0.167. The quantitative estimate of drug-likeness (QED) is 0.429. The monoisotopic (exact) mass is 203 g/mol. The maximum atomic E-state index is 11.5. The van der Waals surface area contributed by atoms with Gasteiger partial charge in [0, 0.05) is 17.8 Å². The van der Waals surface area contributed by atoms with Gasteiger partial charge >= 0.3 is 5.97 Å². The molecule has 0 bridgehead atoms. The number of hydrogen-bond donors (Lipinski definition) is 0. The Kier molecular flexibility index (Phi) is 4.29. The van der Waals surface area contributed by atoms with Crippen LogP contribution in [0.5, 0.6) is 5.88 Å². The molecular weight excluding hydrogens is 190 g/mol. The summed E-state index contributed by atoms with van der Waals surface area (Å²) in [4.78, 5) is 15.3. The van der Waals surface area contributed by atoms with E-state index in [0.717, 1.165) is 0 Å². The Labute approximate surface area is 89.1 Å². The number of aromatic nitrogens is 1. The molecule has 0 atom stereocenters. The molecule has 0 N–H and O–H groups in total. The molecule has 1 heterocycles. The van der Waals surface area contributed by atoms with Crippen molar-refractivity contribution in [2.75, 3.05) is 0 Å². The Morgan fingerprint density at radius 1 is 1.60 bits per heavy atom. The van der Waals surface area contributed by atoms with E-state index >= 15 is 0 Å². The van der Waals surface area contributed by atoms with Gasteiger partial charge < -0.3 is 4.74 Å². The van der Waals surface area contributed by atoms with Crippen molar-refractivity contribution in [1.82, 2.24) is 4.98 Å². The van der Waals surface area contributed by atoms with Gasteiger partial charge in [-0.05, 0) is 19.4 Å². The molecule has 1 aromatic rings. The van der Waals surface area contributed by atoms with Crippen LogP contribution in [0.25, 0.3) is 0 Å². The molecule has 0 aromatic carbocycles. The van der Waals surface area contributed by atoms with E-state index in [1.165, 1.54) is 0 Å². The molecule has 0 amide bonds. The van der Waals surface area contributed by atoms with Gasteiger partial charge in [-0.25, -0.2) is 9.78 Å². The summed E-state index contributed by atoms with van der Waals surface area (Å²) in [6.07, 6.45) is 5.71. The lowest BCUT2D eigenvalue weighted by Crippen LogP contribution is -2.09. The molecule has 3 heteroatoms. The fourth-order valence-corrected chi connectivity index (χ4v) is 0.926. The highest BCUT2D eigenvalue weighted by molar-refractivity contribution is 5.89. The molecule has 0 unspecified atom stereocenters. The minimum absolute atomic E-state index is 0.314. The lowest BCUT2D eigenvalue weighted by atomic mass is 10.2. The first-order chi connectivity index (χ1) is 7.24. The molecule has 3 nitrogen and oxygen atoms in total. The van der Waals surface area contributed by atoms with E-state index in [1.807, 2.05) is 0 Å². The maximum absolute atomic E-state index is 11.5. The Morgan fingerprint density at radius 3 is 3.00 bits per heavy atom. The summed E-state index contributed by atoms with van der Waals surface area (Å²) in [5.74, 6) is -0.0654. The third-order valence-electron chi connectivity index (χ3n) is 1.75. The Morgan fingerprint density at radius 2 is 2.40 bits per heavy atom. The molecule has 0 spiro atoms. The minimum Gasteiger partial charge on any atom is -0.404 e. The molecule has 1 aromatic heterocycles. The average Bonchev–Trinajstić information content (AvgIpc) is 2.27. The first kappa shape index (κ1) is 11.2. The number of pyridine rings is 1. The second-order valence-electron chi connectivity index (χ2n) is 2.97. The highest BCUT2D eigenvalue weighted by Crippen LogP contribution is 2.07. The molecule has 0 fully saturated rings. The number of rotatable bonds is 4. The largest absolute Gasteiger partial charge is 0.404 e. The summed E-state index contributed by atoms with van der Waals surface area (Å²) in [6, 6.07) is 5.16.